The molecule has 6 nitrogen and oxygen atoms in total. The Kier molecular flexibility index (Phi) is 3.90. The van der Waals surface area contributed by atoms with Crippen LogP contribution >= 0.6 is 0 Å². The number of allylic oxidation sites excluding steroid dienone is 1. The molecule has 0 bridgehead atoms. The summed E-state index contributed by atoms with van der Waals surface area (Å²) < 4.78 is 0. The van der Waals surface area contributed by atoms with Gasteiger partial charge in [0.25, 0.3) is 0 Å². The Balaban J connectivity index is 1.89. The molecule has 2 fully saturated rings. The third-order valence-corrected chi connectivity index (χ3v) is 4.98. The zero-order chi connectivity index (χ0) is 16.9. The number of aliphatic hydroxyl groups excluding tert-OH is 1. The van der Waals surface area contributed by atoms with Crippen LogP contribution < -0.4 is 5.32 Å². The number of nitrogens with one attached hydrogen (secondary N) is 1. The van der Waals surface area contributed by atoms with Gasteiger partial charge in [0.15, 0.2) is 0 Å². The maximum absolute atomic E-state index is 12.2. The monoisotopic (exact) mass is 318 g/mol. The predicted octanol–water partition coefficient (Wildman–Crippen LogP) is 0.801. The number of aliphatic carboxylic acids is 1. The van der Waals surface area contributed by atoms with Crippen LogP contribution in [-0.2, 0) is 9.59 Å². The summed E-state index contributed by atoms with van der Waals surface area (Å²) >= 11 is 0. The molecule has 0 aliphatic carbocycles. The summed E-state index contributed by atoms with van der Waals surface area (Å²) in [4.78, 5) is 25.2. The molecule has 0 spiro atoms. The average molecular weight is 318 g/mol. The molecular formula is C17H22N2O4. The van der Waals surface area contributed by atoms with E-state index in [0.717, 1.165) is 24.1 Å². The van der Waals surface area contributed by atoms with Crippen molar-refractivity contribution in [1.29, 1.82) is 0 Å². The first-order valence-electron chi connectivity index (χ1n) is 7.87. The molecule has 0 saturated carbocycles. The van der Waals surface area contributed by atoms with Gasteiger partial charge in [-0.25, -0.2) is 4.79 Å². The second-order valence-corrected chi connectivity index (χ2v) is 6.67. The maximum Gasteiger partial charge on any atom is 0.352 e. The molecule has 3 heterocycles. The highest BCUT2D eigenvalue weighted by Crippen LogP contribution is 2.45. The van der Waals surface area contributed by atoms with Crippen molar-refractivity contribution in [2.24, 2.45) is 5.92 Å². The zero-order valence-corrected chi connectivity index (χ0v) is 13.4. The Morgan fingerprint density at radius 1 is 1.48 bits per heavy atom. The molecule has 3 aliphatic rings. The molecule has 0 aromatic heterocycles. The molecule has 0 aromatic rings. The number of fused-ring (bicyclic) bond motifs is 1. The van der Waals surface area contributed by atoms with Gasteiger partial charge < -0.3 is 20.4 Å². The van der Waals surface area contributed by atoms with Crippen LogP contribution in [0.4, 0.5) is 0 Å². The number of hydrogen-bond donors (Lipinski definition) is 3. The van der Waals surface area contributed by atoms with E-state index in [-0.39, 0.29) is 23.7 Å². The molecule has 6 heteroatoms. The van der Waals surface area contributed by atoms with Crippen molar-refractivity contribution in [2.45, 2.75) is 44.9 Å². The smallest absolute Gasteiger partial charge is 0.352 e. The van der Waals surface area contributed by atoms with Gasteiger partial charge in [-0.3, -0.25) is 4.79 Å². The van der Waals surface area contributed by atoms with Crippen LogP contribution in [0.2, 0.25) is 0 Å². The number of aliphatic hydroxyl groups is 1. The second-order valence-electron chi connectivity index (χ2n) is 6.67. The number of carboxylic acids is 1. The Morgan fingerprint density at radius 2 is 2.17 bits per heavy atom. The van der Waals surface area contributed by atoms with Crippen LogP contribution in [-0.4, -0.2) is 51.7 Å². The highest BCUT2D eigenvalue weighted by Gasteiger charge is 2.56. The number of carboxylic acid groups (broad SMARTS) is 1. The largest absolute Gasteiger partial charge is 0.477 e. The van der Waals surface area contributed by atoms with Crippen molar-refractivity contribution < 1.29 is 19.8 Å². The van der Waals surface area contributed by atoms with E-state index >= 15 is 0 Å². The van der Waals surface area contributed by atoms with Crippen LogP contribution in [0.1, 0.15) is 26.7 Å². The number of amides is 1. The normalized spacial score (nSPS) is 32.2. The Hall–Kier alpha value is -1.92. The van der Waals surface area contributed by atoms with Crippen LogP contribution in [0.15, 0.2) is 35.1 Å². The van der Waals surface area contributed by atoms with E-state index in [1.807, 2.05) is 13.0 Å². The van der Waals surface area contributed by atoms with Gasteiger partial charge in [-0.15, -0.1) is 0 Å². The number of rotatable bonds is 4. The maximum atomic E-state index is 12.2. The lowest BCUT2D eigenvalue weighted by atomic mass is 9.82. The van der Waals surface area contributed by atoms with Gasteiger partial charge in [-0.2, -0.15) is 0 Å². The first-order valence-corrected chi connectivity index (χ1v) is 7.87. The molecule has 3 N–H and O–H groups in total. The first-order chi connectivity index (χ1) is 10.8. The van der Waals surface area contributed by atoms with Crippen LogP contribution in [0.5, 0.6) is 0 Å². The molecule has 3 aliphatic heterocycles. The highest BCUT2D eigenvalue weighted by molar-refractivity contribution is 6.00. The standard InChI is InChI=1S/C17H22N2O4/c1-8-4-11(18-7-8)5-9(2)12-6-13-14(10(3)20)16(21)19(13)15(12)17(22)23/h5,10-11,13-14,18,20H,1,4,6-7H2,2-3H3,(H,22,23)/t10-,11+,13-,14-/m1/s1. The van der Waals surface area contributed by atoms with Crippen LogP contribution in [0.3, 0.4) is 0 Å². The van der Waals surface area contributed by atoms with Crippen LogP contribution in [0.25, 0.3) is 0 Å². The summed E-state index contributed by atoms with van der Waals surface area (Å²) in [5.41, 5.74) is 2.77. The van der Waals surface area contributed by atoms with E-state index in [2.05, 4.69) is 11.9 Å². The van der Waals surface area contributed by atoms with E-state index in [1.54, 1.807) is 6.92 Å². The van der Waals surface area contributed by atoms with Crippen molar-refractivity contribution >= 4 is 11.9 Å². The van der Waals surface area contributed by atoms with E-state index in [1.165, 1.54) is 4.90 Å². The molecule has 0 aromatic carbocycles. The third-order valence-electron chi connectivity index (χ3n) is 4.98. The topological polar surface area (TPSA) is 89.9 Å². The molecule has 23 heavy (non-hydrogen) atoms. The van der Waals surface area contributed by atoms with Gasteiger partial charge in [0.1, 0.15) is 5.70 Å². The summed E-state index contributed by atoms with van der Waals surface area (Å²) in [6.07, 6.45) is 2.58. The number of nitrogens with zero attached hydrogens (tertiary/aromatic N) is 1. The van der Waals surface area contributed by atoms with E-state index in [4.69, 9.17) is 0 Å². The number of hydrogen-bond acceptors (Lipinski definition) is 4. The van der Waals surface area contributed by atoms with Crippen molar-refractivity contribution in [3.8, 4) is 0 Å². The molecule has 0 unspecified atom stereocenters. The van der Waals surface area contributed by atoms with Gasteiger partial charge in [-0.1, -0.05) is 18.2 Å². The summed E-state index contributed by atoms with van der Waals surface area (Å²) in [6.45, 7) is 8.18. The Bertz CT molecular complexity index is 647. The first kappa shape index (κ1) is 16.0. The molecule has 124 valence electrons. The van der Waals surface area contributed by atoms with Crippen molar-refractivity contribution in [2.75, 3.05) is 6.54 Å². The highest BCUT2D eigenvalue weighted by atomic mass is 16.4. The fourth-order valence-corrected chi connectivity index (χ4v) is 3.87. The van der Waals surface area contributed by atoms with E-state index < -0.39 is 18.0 Å². The van der Waals surface area contributed by atoms with Crippen LogP contribution in [0, 0.1) is 5.92 Å². The summed E-state index contributed by atoms with van der Waals surface area (Å²) in [5.74, 6) is -1.88. The molecule has 2 saturated heterocycles. The lowest BCUT2D eigenvalue weighted by Gasteiger charge is -2.44. The predicted molar refractivity (Wildman–Crippen MR) is 84.4 cm³/mol. The van der Waals surface area contributed by atoms with Gasteiger partial charge >= 0.3 is 5.97 Å². The zero-order valence-electron chi connectivity index (χ0n) is 13.4. The minimum atomic E-state index is -1.09. The SMILES string of the molecule is C=C1CN[C@H](C=C(C)C2=C(C(=O)O)N3C(=O)[C@H]([C@@H](C)O)[C@H]3C2)C1. The summed E-state index contributed by atoms with van der Waals surface area (Å²) in [6, 6.07) is -0.0833. The van der Waals surface area contributed by atoms with E-state index in [9.17, 15) is 19.8 Å². The Morgan fingerprint density at radius 3 is 2.70 bits per heavy atom. The van der Waals surface area contributed by atoms with Crippen molar-refractivity contribution in [1.82, 2.24) is 10.2 Å². The molecular weight excluding hydrogens is 296 g/mol. The molecule has 3 rings (SSSR count). The average Bonchev–Trinajstić information content (AvgIpc) is 2.99. The van der Waals surface area contributed by atoms with Gasteiger partial charge in [0.05, 0.1) is 18.1 Å². The number of carbonyl (C=O) groups is 2. The van der Waals surface area contributed by atoms with Crippen molar-refractivity contribution in [3.05, 3.63) is 35.1 Å². The van der Waals surface area contributed by atoms with E-state index in [0.29, 0.717) is 12.0 Å². The molecule has 1 amide bonds. The molecule has 0 radical (unpaired) electrons. The lowest BCUT2D eigenvalue weighted by Crippen LogP contribution is -2.61. The Labute approximate surface area is 135 Å². The third kappa shape index (κ3) is 2.52. The summed E-state index contributed by atoms with van der Waals surface area (Å²) in [7, 11) is 0. The van der Waals surface area contributed by atoms with Crippen molar-refractivity contribution in [3.63, 3.8) is 0 Å². The minimum Gasteiger partial charge on any atom is -0.477 e. The fraction of sp³-hybridized carbons (Fsp3) is 0.529. The van der Waals surface area contributed by atoms with Gasteiger partial charge in [0, 0.05) is 12.6 Å². The lowest BCUT2D eigenvalue weighted by molar-refractivity contribution is -0.161. The quantitative estimate of drug-likeness (QED) is 0.527. The summed E-state index contributed by atoms with van der Waals surface area (Å²) in [5, 5.41) is 22.6. The number of carbonyl (C=O) groups excluding carboxylic acids is 1. The van der Waals surface area contributed by atoms with Gasteiger partial charge in [0.2, 0.25) is 5.91 Å². The second kappa shape index (κ2) is 5.62. The van der Waals surface area contributed by atoms with Gasteiger partial charge in [-0.05, 0) is 37.8 Å². The molecule has 4 atom stereocenters. The fourth-order valence-electron chi connectivity index (χ4n) is 3.87. The minimum absolute atomic E-state index is 0.0717. The number of β-lactam (4-membered cyclic amide) rings is 1.